The van der Waals surface area contributed by atoms with Crippen LogP contribution in [0.5, 0.6) is 0 Å². The van der Waals surface area contributed by atoms with Crippen molar-refractivity contribution in [1.82, 2.24) is 15.5 Å². The van der Waals surface area contributed by atoms with Crippen molar-refractivity contribution in [2.75, 3.05) is 26.2 Å². The first-order valence-electron chi connectivity index (χ1n) is 12.0. The van der Waals surface area contributed by atoms with E-state index in [0.717, 1.165) is 62.9 Å². The van der Waals surface area contributed by atoms with E-state index >= 15 is 0 Å². The molecule has 1 aliphatic carbocycles. The summed E-state index contributed by atoms with van der Waals surface area (Å²) in [5.41, 5.74) is 4.04. The molecule has 1 heterocycles. The molecular formula is C27H35N3O2. The molecule has 5 heteroatoms. The Morgan fingerprint density at radius 2 is 1.69 bits per heavy atom. The summed E-state index contributed by atoms with van der Waals surface area (Å²) < 4.78 is 0. The number of benzene rings is 2. The Bertz CT molecular complexity index is 925. The van der Waals surface area contributed by atoms with E-state index in [2.05, 4.69) is 71.0 Å². The maximum absolute atomic E-state index is 13.7. The number of nitrogens with one attached hydrogen (secondary N) is 2. The molecule has 2 aliphatic rings. The molecule has 1 atom stereocenters. The Morgan fingerprint density at radius 1 is 1.03 bits per heavy atom. The van der Waals surface area contributed by atoms with E-state index in [1.165, 1.54) is 11.1 Å². The summed E-state index contributed by atoms with van der Waals surface area (Å²) in [5, 5.41) is 6.25. The number of hydrogen-bond donors (Lipinski definition) is 2. The highest BCUT2D eigenvalue weighted by Gasteiger charge is 2.48. The standard InChI is InChI=1S/C27H35N3O2/c1-3-16-28-26(32)27(15-8-9-17-30-18-14-21(19-30)29-20(2)31)24-12-6-4-10-22(24)23-11-5-7-13-25(23)27/h4-7,10-13,21H,3,8-9,14-19H2,1-2H3,(H,28,32)(H,29,31). The zero-order chi connectivity index (χ0) is 22.6. The van der Waals surface area contributed by atoms with Crippen LogP contribution in [0.3, 0.4) is 0 Å². The lowest BCUT2D eigenvalue weighted by Gasteiger charge is -2.31. The lowest BCUT2D eigenvalue weighted by Crippen LogP contribution is -2.44. The van der Waals surface area contributed by atoms with Gasteiger partial charge < -0.3 is 15.5 Å². The van der Waals surface area contributed by atoms with Gasteiger partial charge in [-0.1, -0.05) is 61.9 Å². The summed E-state index contributed by atoms with van der Waals surface area (Å²) in [5.74, 6) is 0.180. The molecule has 4 rings (SSSR count). The van der Waals surface area contributed by atoms with Crippen LogP contribution in [0, 0.1) is 0 Å². The van der Waals surface area contributed by atoms with Gasteiger partial charge in [-0.3, -0.25) is 9.59 Å². The molecule has 170 valence electrons. The number of carbonyl (C=O) groups excluding carboxylic acids is 2. The molecule has 0 bridgehead atoms. The molecule has 2 aromatic rings. The molecule has 0 saturated carbocycles. The lowest BCUT2D eigenvalue weighted by atomic mass is 9.73. The van der Waals surface area contributed by atoms with Gasteiger partial charge in [-0.15, -0.1) is 0 Å². The molecule has 1 aliphatic heterocycles. The van der Waals surface area contributed by atoms with Crippen molar-refractivity contribution in [2.24, 2.45) is 0 Å². The van der Waals surface area contributed by atoms with Gasteiger partial charge >= 0.3 is 0 Å². The van der Waals surface area contributed by atoms with Gasteiger partial charge in [-0.25, -0.2) is 0 Å². The third-order valence-electron chi connectivity index (χ3n) is 6.94. The Labute approximate surface area is 191 Å². The minimum atomic E-state index is -0.619. The first-order chi connectivity index (χ1) is 15.6. The predicted octanol–water partition coefficient (Wildman–Crippen LogP) is 3.86. The van der Waals surface area contributed by atoms with Crippen LogP contribution >= 0.6 is 0 Å². The summed E-state index contributed by atoms with van der Waals surface area (Å²) >= 11 is 0. The molecule has 2 amide bonds. The normalized spacial score (nSPS) is 18.8. The number of carbonyl (C=O) groups is 2. The molecule has 0 spiro atoms. The monoisotopic (exact) mass is 433 g/mol. The number of unbranched alkanes of at least 4 members (excludes halogenated alkanes) is 1. The van der Waals surface area contributed by atoms with Crippen LogP contribution in [-0.2, 0) is 15.0 Å². The fourth-order valence-corrected chi connectivity index (χ4v) is 5.51. The first kappa shape index (κ1) is 22.5. The van der Waals surface area contributed by atoms with Crippen molar-refractivity contribution in [3.05, 3.63) is 59.7 Å². The van der Waals surface area contributed by atoms with Gasteiger partial charge in [-0.05, 0) is 54.5 Å². The van der Waals surface area contributed by atoms with Crippen molar-refractivity contribution in [3.63, 3.8) is 0 Å². The van der Waals surface area contributed by atoms with Crippen LogP contribution in [-0.4, -0.2) is 48.9 Å². The molecule has 5 nitrogen and oxygen atoms in total. The van der Waals surface area contributed by atoms with Gasteiger partial charge in [0.25, 0.3) is 0 Å². The maximum Gasteiger partial charge on any atom is 0.235 e. The number of rotatable bonds is 9. The number of amides is 2. The third kappa shape index (κ3) is 4.31. The average Bonchev–Trinajstić information content (AvgIpc) is 3.35. The zero-order valence-corrected chi connectivity index (χ0v) is 19.3. The van der Waals surface area contributed by atoms with Gasteiger partial charge in [0.05, 0.1) is 0 Å². The average molecular weight is 434 g/mol. The summed E-state index contributed by atoms with van der Waals surface area (Å²) in [7, 11) is 0. The minimum absolute atomic E-state index is 0.0513. The van der Waals surface area contributed by atoms with Crippen molar-refractivity contribution in [1.29, 1.82) is 0 Å². The molecule has 32 heavy (non-hydrogen) atoms. The van der Waals surface area contributed by atoms with Gasteiger partial charge in [0.2, 0.25) is 11.8 Å². The van der Waals surface area contributed by atoms with Crippen LogP contribution in [0.2, 0.25) is 0 Å². The molecule has 2 N–H and O–H groups in total. The van der Waals surface area contributed by atoms with Gasteiger partial charge in [-0.2, -0.15) is 0 Å². The molecule has 0 radical (unpaired) electrons. The van der Waals surface area contributed by atoms with Crippen LogP contribution < -0.4 is 10.6 Å². The second-order valence-electron chi connectivity index (χ2n) is 9.20. The quantitative estimate of drug-likeness (QED) is 0.591. The minimum Gasteiger partial charge on any atom is -0.355 e. The summed E-state index contributed by atoms with van der Waals surface area (Å²) in [4.78, 5) is 27.4. The summed E-state index contributed by atoms with van der Waals surface area (Å²) in [6, 6.07) is 17.1. The van der Waals surface area contributed by atoms with E-state index in [0.29, 0.717) is 6.54 Å². The number of likely N-dealkylation sites (tertiary alicyclic amines) is 1. The molecular weight excluding hydrogens is 398 g/mol. The van der Waals surface area contributed by atoms with Gasteiger partial charge in [0, 0.05) is 32.6 Å². The van der Waals surface area contributed by atoms with E-state index in [9.17, 15) is 9.59 Å². The summed E-state index contributed by atoms with van der Waals surface area (Å²) in [6.45, 7) is 7.33. The van der Waals surface area contributed by atoms with Crippen LogP contribution in [0.15, 0.2) is 48.5 Å². The fourth-order valence-electron chi connectivity index (χ4n) is 5.51. The molecule has 2 aromatic carbocycles. The number of nitrogens with zero attached hydrogens (tertiary/aromatic N) is 1. The molecule has 1 unspecified atom stereocenters. The van der Waals surface area contributed by atoms with E-state index in [1.807, 2.05) is 0 Å². The topological polar surface area (TPSA) is 61.4 Å². The molecule has 0 aromatic heterocycles. The smallest absolute Gasteiger partial charge is 0.235 e. The maximum atomic E-state index is 13.7. The summed E-state index contributed by atoms with van der Waals surface area (Å²) in [6.07, 6.45) is 4.77. The van der Waals surface area contributed by atoms with Crippen molar-refractivity contribution in [2.45, 2.75) is 57.4 Å². The second kappa shape index (κ2) is 9.86. The van der Waals surface area contributed by atoms with Crippen LogP contribution in [0.4, 0.5) is 0 Å². The molecule has 1 fully saturated rings. The Hall–Kier alpha value is -2.66. The Balaban J connectivity index is 1.50. The number of hydrogen-bond acceptors (Lipinski definition) is 3. The van der Waals surface area contributed by atoms with Crippen molar-refractivity contribution >= 4 is 11.8 Å². The van der Waals surface area contributed by atoms with Crippen molar-refractivity contribution < 1.29 is 9.59 Å². The van der Waals surface area contributed by atoms with E-state index < -0.39 is 5.41 Å². The third-order valence-corrected chi connectivity index (χ3v) is 6.94. The van der Waals surface area contributed by atoms with E-state index in [4.69, 9.17) is 0 Å². The lowest BCUT2D eigenvalue weighted by molar-refractivity contribution is -0.125. The Morgan fingerprint density at radius 3 is 2.31 bits per heavy atom. The predicted molar refractivity (Wildman–Crippen MR) is 128 cm³/mol. The molecule has 1 saturated heterocycles. The first-order valence-corrected chi connectivity index (χ1v) is 12.0. The highest BCUT2D eigenvalue weighted by atomic mass is 16.2. The highest BCUT2D eigenvalue weighted by Crippen LogP contribution is 2.51. The fraction of sp³-hybridized carbons (Fsp3) is 0.481. The second-order valence-corrected chi connectivity index (χ2v) is 9.20. The SMILES string of the molecule is CCCNC(=O)C1(CCCCN2CCC(NC(C)=O)C2)c2ccccc2-c2ccccc21. The van der Waals surface area contributed by atoms with Crippen molar-refractivity contribution in [3.8, 4) is 11.1 Å². The largest absolute Gasteiger partial charge is 0.355 e. The van der Waals surface area contributed by atoms with Crippen LogP contribution in [0.1, 0.15) is 57.1 Å². The highest BCUT2D eigenvalue weighted by molar-refractivity contribution is 6.00. The van der Waals surface area contributed by atoms with Gasteiger partial charge in [0.15, 0.2) is 0 Å². The van der Waals surface area contributed by atoms with E-state index in [1.54, 1.807) is 6.92 Å². The van der Waals surface area contributed by atoms with Crippen LogP contribution in [0.25, 0.3) is 11.1 Å². The van der Waals surface area contributed by atoms with E-state index in [-0.39, 0.29) is 17.9 Å². The Kier molecular flexibility index (Phi) is 6.95. The zero-order valence-electron chi connectivity index (χ0n) is 19.3. The number of fused-ring (bicyclic) bond motifs is 3. The van der Waals surface area contributed by atoms with Gasteiger partial charge in [0.1, 0.15) is 5.41 Å².